The first-order chi connectivity index (χ1) is 21.9. The Morgan fingerprint density at radius 1 is 0.826 bits per heavy atom. The Bertz CT molecular complexity index is 2000. The fourth-order valence-corrected chi connectivity index (χ4v) is 7.63. The quantitative estimate of drug-likeness (QED) is 0.0526. The van der Waals surface area contributed by atoms with Crippen molar-refractivity contribution < 1.29 is 17.6 Å². The second kappa shape index (κ2) is 12.9. The molecule has 0 N–H and O–H groups in total. The molecule has 7 nitrogen and oxygen atoms in total. The number of Topliss-reactive ketones (excluding diaryl/α,β-unsaturated/α-hetero) is 1. The molecule has 4 aromatic carbocycles. The van der Waals surface area contributed by atoms with Crippen LogP contribution in [0.5, 0.6) is 0 Å². The molecule has 0 unspecified atom stereocenters. The first-order valence-corrected chi connectivity index (χ1v) is 17.1. The van der Waals surface area contributed by atoms with Crippen molar-refractivity contribution in [3.05, 3.63) is 149 Å². The molecule has 0 fully saturated rings. The molecule has 46 heavy (non-hydrogen) atoms. The maximum absolute atomic E-state index is 14.4. The summed E-state index contributed by atoms with van der Waals surface area (Å²) in [6.45, 7) is 6.33. The molecule has 0 aliphatic heterocycles. The first kappa shape index (κ1) is 32.6. The molecule has 0 saturated carbocycles. The van der Waals surface area contributed by atoms with Crippen molar-refractivity contribution in [2.45, 2.75) is 36.3 Å². The summed E-state index contributed by atoms with van der Waals surface area (Å²) in [7, 11) is -0.825. The summed E-state index contributed by atoms with van der Waals surface area (Å²) in [4.78, 5) is 15.5. The van der Waals surface area contributed by atoms with Crippen LogP contribution >= 0.6 is 0 Å². The molecule has 0 spiro atoms. The third-order valence-corrected chi connectivity index (χ3v) is 10.1. The van der Waals surface area contributed by atoms with Crippen LogP contribution in [0.4, 0.5) is 0 Å². The molecule has 5 rings (SSSR count). The van der Waals surface area contributed by atoms with E-state index in [-0.39, 0.29) is 31.0 Å². The van der Waals surface area contributed by atoms with Crippen LogP contribution in [0.15, 0.2) is 132 Å². The second-order valence-electron chi connectivity index (χ2n) is 12.2. The number of rotatable bonds is 10. The van der Waals surface area contributed by atoms with Crippen molar-refractivity contribution in [3.63, 3.8) is 0 Å². The predicted molar refractivity (Wildman–Crippen MR) is 182 cm³/mol. The highest BCUT2D eigenvalue weighted by Gasteiger charge is 2.40. The molecule has 1 heterocycles. The monoisotopic (exact) mass is 645 g/mol. The summed E-state index contributed by atoms with van der Waals surface area (Å²) >= 11 is 0. The van der Waals surface area contributed by atoms with E-state index in [1.54, 1.807) is 43.3 Å². The molecule has 9 heteroatoms. The molecule has 0 bridgehead atoms. The van der Waals surface area contributed by atoms with Gasteiger partial charge in [-0.25, -0.2) is 12.4 Å². The van der Waals surface area contributed by atoms with Gasteiger partial charge in [0, 0.05) is 25.7 Å². The fourth-order valence-electron chi connectivity index (χ4n) is 5.30. The van der Waals surface area contributed by atoms with Crippen LogP contribution in [-0.4, -0.2) is 46.9 Å². The highest BCUT2D eigenvalue weighted by Crippen LogP contribution is 2.43. The van der Waals surface area contributed by atoms with Gasteiger partial charge in [-0.15, -0.1) is 0 Å². The van der Waals surface area contributed by atoms with E-state index < -0.39 is 21.4 Å². The average Bonchev–Trinajstić information content (AvgIpc) is 3.44. The fraction of sp³-hybridized carbons (Fsp3) is 0.189. The lowest BCUT2D eigenvalue weighted by molar-refractivity contribution is 0.103. The van der Waals surface area contributed by atoms with Gasteiger partial charge in [0.1, 0.15) is 22.9 Å². The Morgan fingerprint density at radius 3 is 1.87 bits per heavy atom. The Kier molecular flexibility index (Phi) is 9.17. The average molecular weight is 646 g/mol. The molecule has 2 radical (unpaired) electrons. The van der Waals surface area contributed by atoms with Crippen LogP contribution in [0, 0.1) is 11.3 Å². The summed E-state index contributed by atoms with van der Waals surface area (Å²) < 4.78 is 36.9. The minimum atomic E-state index is -4.29. The Hall–Kier alpha value is -4.75. The van der Waals surface area contributed by atoms with Gasteiger partial charge in [-0.3, -0.25) is 4.79 Å². The van der Waals surface area contributed by atoms with Gasteiger partial charge in [-0.05, 0) is 46.0 Å². The zero-order valence-corrected chi connectivity index (χ0v) is 28.2. The van der Waals surface area contributed by atoms with E-state index in [0.29, 0.717) is 16.5 Å². The van der Waals surface area contributed by atoms with E-state index in [1.807, 2.05) is 78.9 Å². The summed E-state index contributed by atoms with van der Waals surface area (Å²) in [5, 5.41) is 10.2. The summed E-state index contributed by atoms with van der Waals surface area (Å²) in [6, 6.07) is 36.7. The van der Waals surface area contributed by atoms with Crippen molar-refractivity contribution in [2.75, 3.05) is 14.1 Å². The summed E-state index contributed by atoms with van der Waals surface area (Å²) in [5.74, 6) is -0.698. The molecule has 232 valence electrons. The number of aromatic nitrogens is 1. The lowest BCUT2D eigenvalue weighted by Gasteiger charge is -2.38. The van der Waals surface area contributed by atoms with E-state index in [9.17, 15) is 18.5 Å². The number of carbonyl (C=O) groups is 1. The van der Waals surface area contributed by atoms with Crippen LogP contribution in [-0.2, 0) is 20.1 Å². The molecule has 0 atom stereocenters. The summed E-state index contributed by atoms with van der Waals surface area (Å²) in [5.41, 5.74) is 1.31. The van der Waals surface area contributed by atoms with Crippen molar-refractivity contribution in [2.24, 2.45) is 0 Å². The van der Waals surface area contributed by atoms with Crippen LogP contribution in [0.1, 0.15) is 48.0 Å². The van der Waals surface area contributed by atoms with Crippen molar-refractivity contribution in [3.8, 4) is 6.07 Å². The van der Waals surface area contributed by atoms with Gasteiger partial charge in [-0.1, -0.05) is 112 Å². The standard InChI is InChI=1S/C37H35N3O4SSi/c1-36(2,3)46-44-37(29-15-9-6-10-16-29,30-17-11-7-12-18-30)31-22-21-27-23-34(35(41)28(25-38)26-39(4)5)40(33(27)24-31)45(42,43)32-19-13-8-14-20-32/h6-24,26H,1-5H3. The minimum Gasteiger partial charge on any atom is -0.400 e. The number of nitriles is 1. The van der Waals surface area contributed by atoms with Crippen LogP contribution in [0.3, 0.4) is 0 Å². The third-order valence-electron chi connectivity index (χ3n) is 7.30. The number of carbonyl (C=O) groups excluding carboxylic acids is 1. The van der Waals surface area contributed by atoms with Crippen molar-refractivity contribution >= 4 is 36.5 Å². The molecule has 0 saturated heterocycles. The Balaban J connectivity index is 1.88. The SMILES string of the molecule is CN(C)C=C(C#N)C(=O)c1cc2ccc(C(O[Si]C(C)(C)C)(c3ccccc3)c3ccccc3)cc2n1S(=O)(=O)c1ccccc1. The lowest BCUT2D eigenvalue weighted by Crippen LogP contribution is -2.36. The van der Waals surface area contributed by atoms with E-state index >= 15 is 0 Å². The van der Waals surface area contributed by atoms with Crippen molar-refractivity contribution in [1.82, 2.24) is 8.87 Å². The molecule has 0 aliphatic carbocycles. The molecular formula is C37H35N3O4SSi. The van der Waals surface area contributed by atoms with Gasteiger partial charge in [-0.2, -0.15) is 5.26 Å². The highest BCUT2D eigenvalue weighted by atomic mass is 32.2. The number of benzene rings is 4. The van der Waals surface area contributed by atoms with Gasteiger partial charge >= 0.3 is 0 Å². The number of hydrogen-bond acceptors (Lipinski definition) is 6. The number of fused-ring (bicyclic) bond motifs is 1. The Labute approximate surface area is 273 Å². The summed E-state index contributed by atoms with van der Waals surface area (Å²) in [6.07, 6.45) is 1.39. The van der Waals surface area contributed by atoms with Gasteiger partial charge in [0.15, 0.2) is 0 Å². The van der Waals surface area contributed by atoms with Gasteiger partial charge < -0.3 is 9.33 Å². The molecule has 1 aromatic heterocycles. The second-order valence-corrected chi connectivity index (χ2v) is 15.9. The third kappa shape index (κ3) is 6.33. The van der Waals surface area contributed by atoms with Gasteiger partial charge in [0.05, 0.1) is 10.4 Å². The maximum atomic E-state index is 14.4. The van der Waals surface area contributed by atoms with Crippen LogP contribution in [0.2, 0.25) is 5.04 Å². The molecule has 0 aliphatic rings. The van der Waals surface area contributed by atoms with Crippen LogP contribution < -0.4 is 0 Å². The molecular weight excluding hydrogens is 611 g/mol. The van der Waals surface area contributed by atoms with E-state index in [0.717, 1.165) is 15.1 Å². The maximum Gasteiger partial charge on any atom is 0.268 e. The van der Waals surface area contributed by atoms with E-state index in [4.69, 9.17) is 4.43 Å². The van der Waals surface area contributed by atoms with E-state index in [1.165, 1.54) is 24.4 Å². The molecule has 0 amide bonds. The van der Waals surface area contributed by atoms with Crippen molar-refractivity contribution in [1.29, 1.82) is 5.26 Å². The van der Waals surface area contributed by atoms with Crippen LogP contribution in [0.25, 0.3) is 10.9 Å². The number of hydrogen-bond donors (Lipinski definition) is 0. The minimum absolute atomic E-state index is 0.0184. The lowest BCUT2D eigenvalue weighted by atomic mass is 9.80. The predicted octanol–water partition coefficient (Wildman–Crippen LogP) is 7.18. The number of nitrogens with zero attached hydrogens (tertiary/aromatic N) is 3. The Morgan fingerprint density at radius 2 is 1.37 bits per heavy atom. The largest absolute Gasteiger partial charge is 0.400 e. The highest BCUT2D eigenvalue weighted by molar-refractivity contribution is 7.90. The molecule has 5 aromatic rings. The topological polar surface area (TPSA) is 92.4 Å². The first-order valence-electron chi connectivity index (χ1n) is 14.7. The zero-order chi connectivity index (χ0) is 33.1. The zero-order valence-electron chi connectivity index (χ0n) is 26.4. The smallest absolute Gasteiger partial charge is 0.268 e. The number of allylic oxidation sites excluding steroid dienone is 1. The van der Waals surface area contributed by atoms with Gasteiger partial charge in [0.2, 0.25) is 15.5 Å². The van der Waals surface area contributed by atoms with E-state index in [2.05, 4.69) is 20.8 Å². The number of ketones is 1. The van der Waals surface area contributed by atoms with Gasteiger partial charge in [0.25, 0.3) is 10.0 Å². The normalized spacial score (nSPS) is 12.6.